The van der Waals surface area contributed by atoms with E-state index in [9.17, 15) is 13.2 Å². The second-order valence-electron chi connectivity index (χ2n) is 5.82. The lowest BCUT2D eigenvalue weighted by Crippen LogP contribution is -2.50. The number of carbonyl (C=O) groups excluding carboxylic acids is 1. The molecule has 2 rings (SSSR count). The van der Waals surface area contributed by atoms with Crippen LogP contribution in [0.4, 0.5) is 0 Å². The SMILES string of the molecule is CCCC(N)C(=O)NC1CCN(S(=O)(=O)C2CC2)CC1. The van der Waals surface area contributed by atoms with Gasteiger partial charge in [0, 0.05) is 19.1 Å². The first-order valence-electron chi connectivity index (χ1n) is 7.50. The van der Waals surface area contributed by atoms with Gasteiger partial charge in [-0.3, -0.25) is 4.79 Å². The third-order valence-corrected chi connectivity index (χ3v) is 6.44. The molecule has 0 bridgehead atoms. The van der Waals surface area contributed by atoms with E-state index in [1.807, 2.05) is 6.92 Å². The second kappa shape index (κ2) is 6.41. The zero-order valence-corrected chi connectivity index (χ0v) is 12.9. The van der Waals surface area contributed by atoms with E-state index in [2.05, 4.69) is 5.32 Å². The van der Waals surface area contributed by atoms with Crippen LogP contribution in [0.2, 0.25) is 0 Å². The lowest BCUT2D eigenvalue weighted by molar-refractivity contribution is -0.123. The largest absolute Gasteiger partial charge is 0.352 e. The van der Waals surface area contributed by atoms with Gasteiger partial charge in [-0.05, 0) is 32.1 Å². The number of amides is 1. The fourth-order valence-electron chi connectivity index (χ4n) is 2.58. The third kappa shape index (κ3) is 3.71. The molecule has 0 aromatic rings. The molecular weight excluding hydrogens is 278 g/mol. The van der Waals surface area contributed by atoms with Crippen LogP contribution in [0, 0.1) is 0 Å². The predicted molar refractivity (Wildman–Crippen MR) is 77.6 cm³/mol. The fourth-order valence-corrected chi connectivity index (χ4v) is 4.45. The Balaban J connectivity index is 1.78. The van der Waals surface area contributed by atoms with Gasteiger partial charge < -0.3 is 11.1 Å². The highest BCUT2D eigenvalue weighted by Gasteiger charge is 2.41. The molecule has 20 heavy (non-hydrogen) atoms. The molecule has 1 amide bonds. The number of hydrogen-bond donors (Lipinski definition) is 2. The van der Waals surface area contributed by atoms with Crippen molar-refractivity contribution in [2.75, 3.05) is 13.1 Å². The summed E-state index contributed by atoms with van der Waals surface area (Å²) >= 11 is 0. The molecule has 1 saturated carbocycles. The van der Waals surface area contributed by atoms with Crippen LogP contribution >= 0.6 is 0 Å². The van der Waals surface area contributed by atoms with E-state index in [1.54, 1.807) is 4.31 Å². The lowest BCUT2D eigenvalue weighted by atomic mass is 10.1. The number of nitrogens with two attached hydrogens (primary N) is 1. The average Bonchev–Trinajstić information content (AvgIpc) is 3.24. The first-order valence-corrected chi connectivity index (χ1v) is 9.00. The van der Waals surface area contributed by atoms with Crippen LogP contribution in [0.3, 0.4) is 0 Å². The minimum Gasteiger partial charge on any atom is -0.352 e. The Hall–Kier alpha value is -0.660. The summed E-state index contributed by atoms with van der Waals surface area (Å²) in [5.74, 6) is -0.115. The minimum absolute atomic E-state index is 0.0519. The monoisotopic (exact) mass is 303 g/mol. The molecule has 1 saturated heterocycles. The van der Waals surface area contributed by atoms with Gasteiger partial charge in [-0.15, -0.1) is 0 Å². The van der Waals surface area contributed by atoms with Crippen LogP contribution in [0.5, 0.6) is 0 Å². The van der Waals surface area contributed by atoms with Crippen LogP contribution in [0.15, 0.2) is 0 Å². The van der Waals surface area contributed by atoms with Gasteiger partial charge in [0.1, 0.15) is 0 Å². The average molecular weight is 303 g/mol. The summed E-state index contributed by atoms with van der Waals surface area (Å²) in [4.78, 5) is 11.8. The summed E-state index contributed by atoms with van der Waals surface area (Å²) in [6.07, 6.45) is 4.51. The van der Waals surface area contributed by atoms with Crippen molar-refractivity contribution < 1.29 is 13.2 Å². The van der Waals surface area contributed by atoms with Crippen molar-refractivity contribution in [2.24, 2.45) is 5.73 Å². The van der Waals surface area contributed by atoms with Crippen molar-refractivity contribution in [1.82, 2.24) is 9.62 Å². The molecule has 0 aromatic carbocycles. The van der Waals surface area contributed by atoms with Gasteiger partial charge in [-0.1, -0.05) is 13.3 Å². The summed E-state index contributed by atoms with van der Waals surface area (Å²) in [5, 5.41) is 2.79. The van der Waals surface area contributed by atoms with Crippen LogP contribution in [0.1, 0.15) is 45.4 Å². The van der Waals surface area contributed by atoms with Crippen molar-refractivity contribution in [1.29, 1.82) is 0 Å². The van der Waals surface area contributed by atoms with Crippen molar-refractivity contribution in [3.63, 3.8) is 0 Å². The maximum atomic E-state index is 12.1. The summed E-state index contributed by atoms with van der Waals surface area (Å²) in [6.45, 7) is 3.01. The Labute approximate surface area is 121 Å². The molecule has 1 heterocycles. The molecule has 1 atom stereocenters. The molecule has 1 unspecified atom stereocenters. The van der Waals surface area contributed by atoms with Crippen molar-refractivity contribution >= 4 is 15.9 Å². The highest BCUT2D eigenvalue weighted by atomic mass is 32.2. The highest BCUT2D eigenvalue weighted by molar-refractivity contribution is 7.90. The quantitative estimate of drug-likeness (QED) is 0.732. The maximum absolute atomic E-state index is 12.1. The van der Waals surface area contributed by atoms with Crippen molar-refractivity contribution in [2.45, 2.75) is 62.8 Å². The fraction of sp³-hybridized carbons (Fsp3) is 0.923. The maximum Gasteiger partial charge on any atom is 0.237 e. The summed E-state index contributed by atoms with van der Waals surface area (Å²) in [7, 11) is -3.07. The highest BCUT2D eigenvalue weighted by Crippen LogP contribution is 2.32. The van der Waals surface area contributed by atoms with E-state index >= 15 is 0 Å². The molecule has 2 aliphatic rings. The molecule has 7 heteroatoms. The van der Waals surface area contributed by atoms with Gasteiger partial charge in [-0.25, -0.2) is 12.7 Å². The van der Waals surface area contributed by atoms with Gasteiger partial charge in [0.2, 0.25) is 15.9 Å². The number of hydrogen-bond acceptors (Lipinski definition) is 4. The Morgan fingerprint density at radius 2 is 1.90 bits per heavy atom. The smallest absolute Gasteiger partial charge is 0.237 e. The van der Waals surface area contributed by atoms with E-state index < -0.39 is 16.1 Å². The molecule has 116 valence electrons. The van der Waals surface area contributed by atoms with E-state index in [4.69, 9.17) is 5.73 Å². The third-order valence-electron chi connectivity index (χ3n) is 4.04. The van der Waals surface area contributed by atoms with Crippen LogP contribution in [-0.2, 0) is 14.8 Å². The van der Waals surface area contributed by atoms with Crippen molar-refractivity contribution in [3.05, 3.63) is 0 Å². The first kappa shape index (κ1) is 15.7. The zero-order valence-electron chi connectivity index (χ0n) is 12.0. The van der Waals surface area contributed by atoms with Gasteiger partial charge >= 0.3 is 0 Å². The predicted octanol–water partition coefficient (Wildman–Crippen LogP) is 0.187. The zero-order chi connectivity index (χ0) is 14.8. The van der Waals surface area contributed by atoms with Crippen LogP contribution in [-0.4, -0.2) is 49.1 Å². The van der Waals surface area contributed by atoms with Gasteiger partial charge in [-0.2, -0.15) is 0 Å². The van der Waals surface area contributed by atoms with E-state index in [1.165, 1.54) is 0 Å². The molecule has 2 fully saturated rings. The van der Waals surface area contributed by atoms with Crippen LogP contribution in [0.25, 0.3) is 0 Å². The Morgan fingerprint density at radius 3 is 2.40 bits per heavy atom. The number of piperidine rings is 1. The normalized spacial score (nSPS) is 23.5. The number of carbonyl (C=O) groups is 1. The molecule has 0 radical (unpaired) electrons. The number of rotatable bonds is 6. The van der Waals surface area contributed by atoms with E-state index in [-0.39, 0.29) is 17.2 Å². The minimum atomic E-state index is -3.07. The summed E-state index contributed by atoms with van der Waals surface area (Å²) in [6, 6.07) is -0.399. The molecule has 1 aliphatic carbocycles. The standard InChI is InChI=1S/C13H25N3O3S/c1-2-3-12(14)13(17)15-10-6-8-16(9-7-10)20(18,19)11-4-5-11/h10-12H,2-9,14H2,1H3,(H,15,17). The number of sulfonamides is 1. The van der Waals surface area contributed by atoms with Gasteiger partial charge in [0.25, 0.3) is 0 Å². The van der Waals surface area contributed by atoms with E-state index in [0.717, 1.165) is 19.3 Å². The first-order chi connectivity index (χ1) is 9.45. The molecule has 3 N–H and O–H groups in total. The Kier molecular flexibility index (Phi) is 5.04. The Morgan fingerprint density at radius 1 is 1.30 bits per heavy atom. The van der Waals surface area contributed by atoms with Crippen molar-refractivity contribution in [3.8, 4) is 0 Å². The summed E-state index contributed by atoms with van der Waals surface area (Å²) in [5.41, 5.74) is 5.77. The number of nitrogens with one attached hydrogen (secondary N) is 1. The molecule has 0 aromatic heterocycles. The Bertz CT molecular complexity index is 440. The molecular formula is C13H25N3O3S. The summed E-state index contributed by atoms with van der Waals surface area (Å²) < 4.78 is 25.8. The topological polar surface area (TPSA) is 92.5 Å². The number of nitrogens with zero attached hydrogens (tertiary/aromatic N) is 1. The molecule has 6 nitrogen and oxygen atoms in total. The van der Waals surface area contributed by atoms with Gasteiger partial charge in [0.15, 0.2) is 0 Å². The second-order valence-corrected chi connectivity index (χ2v) is 8.03. The van der Waals surface area contributed by atoms with Crippen LogP contribution < -0.4 is 11.1 Å². The molecule has 1 aliphatic heterocycles. The van der Waals surface area contributed by atoms with E-state index in [0.29, 0.717) is 32.4 Å². The lowest BCUT2D eigenvalue weighted by Gasteiger charge is -2.32. The molecule has 0 spiro atoms. The van der Waals surface area contributed by atoms with Gasteiger partial charge in [0.05, 0.1) is 11.3 Å².